The second kappa shape index (κ2) is 5.36. The van der Waals surface area contributed by atoms with E-state index in [1.54, 1.807) is 0 Å². The zero-order valence-electron chi connectivity index (χ0n) is 11.6. The lowest BCUT2D eigenvalue weighted by Gasteiger charge is -2.28. The van der Waals surface area contributed by atoms with Crippen molar-refractivity contribution < 1.29 is 0 Å². The monoisotopic (exact) mass is 275 g/mol. The average Bonchev–Trinajstić information content (AvgIpc) is 2.92. The Kier molecular flexibility index (Phi) is 3.56. The molecular formula is C14H21N5O. The highest BCUT2D eigenvalue weighted by molar-refractivity contribution is 5.68. The Morgan fingerprint density at radius 2 is 1.75 bits per heavy atom. The number of fused-ring (bicyclic) bond motifs is 1. The lowest BCUT2D eigenvalue weighted by molar-refractivity contribution is 0.340. The minimum absolute atomic E-state index is 0.212. The van der Waals surface area contributed by atoms with Gasteiger partial charge in [0.15, 0.2) is 11.2 Å². The van der Waals surface area contributed by atoms with Crippen LogP contribution in [0.3, 0.4) is 0 Å². The number of hydrogen-bond acceptors (Lipinski definition) is 4. The third-order valence-corrected chi connectivity index (χ3v) is 4.26. The molecule has 0 aliphatic heterocycles. The van der Waals surface area contributed by atoms with Crippen LogP contribution in [0.15, 0.2) is 11.1 Å². The quantitative estimate of drug-likeness (QED) is 0.740. The standard InChI is InChI=1S/C14H21N5O/c15-14(7-5-3-1-2-4-6-8-14)13-18-11-10(12(20)19-13)16-9-17-11/h9H,1-8,15H2,(H2,16,17,18,19,20). The van der Waals surface area contributed by atoms with Gasteiger partial charge in [0.2, 0.25) is 0 Å². The first-order valence-corrected chi connectivity index (χ1v) is 7.42. The molecule has 0 unspecified atom stereocenters. The molecule has 0 bridgehead atoms. The fourth-order valence-electron chi connectivity index (χ4n) is 3.03. The fourth-order valence-corrected chi connectivity index (χ4v) is 3.03. The normalized spacial score (nSPS) is 20.2. The number of nitrogens with one attached hydrogen (secondary N) is 2. The van der Waals surface area contributed by atoms with E-state index in [4.69, 9.17) is 5.73 Å². The highest BCUT2D eigenvalue weighted by atomic mass is 16.1. The predicted molar refractivity (Wildman–Crippen MR) is 77.3 cm³/mol. The number of nitrogens with zero attached hydrogens (tertiary/aromatic N) is 2. The SMILES string of the molecule is NC1(c2nc3[nH]cnc3c(=O)[nH]2)CCCCCCCC1. The van der Waals surface area contributed by atoms with Crippen LogP contribution in [0.2, 0.25) is 0 Å². The van der Waals surface area contributed by atoms with Gasteiger partial charge in [-0.05, 0) is 12.8 Å². The molecule has 3 rings (SSSR count). The van der Waals surface area contributed by atoms with Gasteiger partial charge >= 0.3 is 0 Å². The van der Waals surface area contributed by atoms with Crippen LogP contribution in [-0.4, -0.2) is 19.9 Å². The van der Waals surface area contributed by atoms with Crippen LogP contribution in [0.5, 0.6) is 0 Å². The van der Waals surface area contributed by atoms with Gasteiger partial charge in [-0.15, -0.1) is 0 Å². The summed E-state index contributed by atoms with van der Waals surface area (Å²) in [6, 6.07) is 0. The molecule has 0 amide bonds. The number of H-pyrrole nitrogens is 2. The van der Waals surface area contributed by atoms with E-state index in [-0.39, 0.29) is 5.56 Å². The first-order chi connectivity index (χ1) is 9.69. The van der Waals surface area contributed by atoms with E-state index in [1.807, 2.05) is 0 Å². The Labute approximate surface area is 117 Å². The highest BCUT2D eigenvalue weighted by Gasteiger charge is 2.30. The summed E-state index contributed by atoms with van der Waals surface area (Å²) >= 11 is 0. The second-order valence-electron chi connectivity index (χ2n) is 5.79. The Hall–Kier alpha value is -1.69. The van der Waals surface area contributed by atoms with Crippen LogP contribution in [0.4, 0.5) is 0 Å². The van der Waals surface area contributed by atoms with Crippen molar-refractivity contribution in [2.75, 3.05) is 0 Å². The zero-order chi connectivity index (χ0) is 14.0. The van der Waals surface area contributed by atoms with Crippen LogP contribution >= 0.6 is 0 Å². The smallest absolute Gasteiger partial charge is 0.279 e. The summed E-state index contributed by atoms with van der Waals surface area (Å²) in [4.78, 5) is 26.2. The van der Waals surface area contributed by atoms with Gasteiger partial charge in [-0.2, -0.15) is 0 Å². The molecule has 0 saturated heterocycles. The Morgan fingerprint density at radius 1 is 1.10 bits per heavy atom. The van der Waals surface area contributed by atoms with E-state index in [9.17, 15) is 4.79 Å². The van der Waals surface area contributed by atoms with Crippen LogP contribution in [0, 0.1) is 0 Å². The highest BCUT2D eigenvalue weighted by Crippen LogP contribution is 2.30. The second-order valence-corrected chi connectivity index (χ2v) is 5.79. The van der Waals surface area contributed by atoms with E-state index < -0.39 is 5.54 Å². The Bertz CT molecular complexity index is 634. The minimum Gasteiger partial charge on any atom is -0.329 e. The maximum Gasteiger partial charge on any atom is 0.279 e. The van der Waals surface area contributed by atoms with Gasteiger partial charge in [0, 0.05) is 0 Å². The van der Waals surface area contributed by atoms with Crippen molar-refractivity contribution in [3.8, 4) is 0 Å². The molecule has 4 N–H and O–H groups in total. The summed E-state index contributed by atoms with van der Waals surface area (Å²) in [5, 5.41) is 0. The van der Waals surface area contributed by atoms with Gasteiger partial charge < -0.3 is 15.7 Å². The topological polar surface area (TPSA) is 100 Å². The molecule has 20 heavy (non-hydrogen) atoms. The summed E-state index contributed by atoms with van der Waals surface area (Å²) in [5.74, 6) is 0.598. The van der Waals surface area contributed by atoms with Crippen LogP contribution in [0.1, 0.15) is 57.2 Å². The number of rotatable bonds is 1. The number of aromatic amines is 2. The zero-order valence-corrected chi connectivity index (χ0v) is 11.6. The molecule has 2 aromatic rings. The van der Waals surface area contributed by atoms with Crippen molar-refractivity contribution in [2.45, 2.75) is 56.9 Å². The van der Waals surface area contributed by atoms with Crippen molar-refractivity contribution in [1.82, 2.24) is 19.9 Å². The summed E-state index contributed by atoms with van der Waals surface area (Å²) in [6.45, 7) is 0. The molecule has 2 aromatic heterocycles. The van der Waals surface area contributed by atoms with Gasteiger partial charge in [-0.25, -0.2) is 9.97 Å². The van der Waals surface area contributed by atoms with Crippen molar-refractivity contribution >= 4 is 11.2 Å². The first kappa shape index (κ1) is 13.3. The van der Waals surface area contributed by atoms with Crippen molar-refractivity contribution in [1.29, 1.82) is 0 Å². The van der Waals surface area contributed by atoms with Crippen molar-refractivity contribution in [3.63, 3.8) is 0 Å². The van der Waals surface area contributed by atoms with Gasteiger partial charge in [0.05, 0.1) is 11.9 Å². The molecule has 0 radical (unpaired) electrons. The maximum absolute atomic E-state index is 12.0. The predicted octanol–water partition coefficient (Wildman–Crippen LogP) is 1.93. The molecule has 1 aliphatic rings. The molecule has 0 spiro atoms. The third kappa shape index (κ3) is 2.47. The lowest BCUT2D eigenvalue weighted by Crippen LogP contribution is -2.40. The van der Waals surface area contributed by atoms with E-state index in [1.165, 1.54) is 32.0 Å². The number of aromatic nitrogens is 4. The largest absolute Gasteiger partial charge is 0.329 e. The average molecular weight is 275 g/mol. The molecule has 6 nitrogen and oxygen atoms in total. The van der Waals surface area contributed by atoms with Crippen molar-refractivity contribution in [2.24, 2.45) is 5.73 Å². The van der Waals surface area contributed by atoms with Gasteiger partial charge in [0.25, 0.3) is 5.56 Å². The summed E-state index contributed by atoms with van der Waals surface area (Å²) in [6.07, 6.45) is 10.4. The first-order valence-electron chi connectivity index (χ1n) is 7.42. The third-order valence-electron chi connectivity index (χ3n) is 4.26. The van der Waals surface area contributed by atoms with Crippen molar-refractivity contribution in [3.05, 3.63) is 22.5 Å². The molecule has 0 aromatic carbocycles. The number of hydrogen-bond donors (Lipinski definition) is 3. The maximum atomic E-state index is 12.0. The van der Waals surface area contributed by atoms with Gasteiger partial charge in [0.1, 0.15) is 5.82 Å². The summed E-state index contributed by atoms with van der Waals surface area (Å²) in [7, 11) is 0. The molecule has 1 aliphatic carbocycles. The molecule has 2 heterocycles. The van der Waals surface area contributed by atoms with E-state index in [0.717, 1.165) is 25.7 Å². The molecule has 6 heteroatoms. The molecule has 0 atom stereocenters. The van der Waals surface area contributed by atoms with Crippen LogP contribution in [-0.2, 0) is 5.54 Å². The molecule has 108 valence electrons. The van der Waals surface area contributed by atoms with Crippen LogP contribution < -0.4 is 11.3 Å². The Balaban J connectivity index is 1.99. The van der Waals surface area contributed by atoms with Crippen LogP contribution in [0.25, 0.3) is 11.2 Å². The van der Waals surface area contributed by atoms with E-state index in [2.05, 4.69) is 19.9 Å². The summed E-state index contributed by atoms with van der Waals surface area (Å²) in [5.41, 5.74) is 6.71. The van der Waals surface area contributed by atoms with E-state index >= 15 is 0 Å². The molecule has 1 saturated carbocycles. The lowest BCUT2D eigenvalue weighted by atomic mass is 9.88. The van der Waals surface area contributed by atoms with Gasteiger partial charge in [-0.1, -0.05) is 38.5 Å². The van der Waals surface area contributed by atoms with Gasteiger partial charge in [-0.3, -0.25) is 4.79 Å². The fraction of sp³-hybridized carbons (Fsp3) is 0.643. The Morgan fingerprint density at radius 3 is 2.45 bits per heavy atom. The minimum atomic E-state index is -0.525. The number of imidazole rings is 1. The number of nitrogens with two attached hydrogens (primary N) is 1. The summed E-state index contributed by atoms with van der Waals surface area (Å²) < 4.78 is 0. The molecule has 1 fully saturated rings. The van der Waals surface area contributed by atoms with E-state index in [0.29, 0.717) is 17.0 Å². The molecular weight excluding hydrogens is 254 g/mol.